The molecule has 122 valence electrons. The van der Waals surface area contributed by atoms with Crippen LogP contribution in [0.25, 0.3) is 0 Å². The third-order valence-corrected chi connectivity index (χ3v) is 4.00. The first-order valence-corrected chi connectivity index (χ1v) is 7.86. The highest BCUT2D eigenvalue weighted by molar-refractivity contribution is 5.87. The number of carbonyl (C=O) groups excluding carboxylic acids is 2. The van der Waals surface area contributed by atoms with E-state index in [9.17, 15) is 14.7 Å². The molecule has 1 aliphatic carbocycles. The highest BCUT2D eigenvalue weighted by Gasteiger charge is 2.28. The number of hydrogen-bond donors (Lipinski definition) is 3. The van der Waals surface area contributed by atoms with Crippen molar-refractivity contribution in [2.45, 2.75) is 70.6 Å². The predicted octanol–water partition coefficient (Wildman–Crippen LogP) is 0.713. The number of ether oxygens (including phenoxy) is 1. The molecule has 4 N–H and O–H groups in total. The smallest absolute Gasteiger partial charge is 0.328 e. The van der Waals surface area contributed by atoms with Crippen LogP contribution in [0.15, 0.2) is 0 Å². The lowest BCUT2D eigenvalue weighted by Crippen LogP contribution is -2.51. The standard InChI is InChI=1S/C15H28N2O4/c1-3-21-15(20)10(2)17-14(19)13(18)12(16)9-11-7-5-4-6-8-11/h10-13,18H,3-9,16H2,1-2H3,(H,17,19)/t10-,12-,13+/m1/s1. The van der Waals surface area contributed by atoms with Gasteiger partial charge in [0.2, 0.25) is 0 Å². The average Bonchev–Trinajstić information content (AvgIpc) is 2.47. The van der Waals surface area contributed by atoms with Gasteiger partial charge >= 0.3 is 5.97 Å². The SMILES string of the molecule is CCOC(=O)[C@@H](C)NC(=O)[C@@H](O)[C@H](N)CC1CCCCC1. The number of nitrogens with one attached hydrogen (secondary N) is 1. The van der Waals surface area contributed by atoms with Crippen LogP contribution in [-0.4, -0.2) is 41.8 Å². The molecule has 0 aromatic heterocycles. The second-order valence-corrected chi connectivity index (χ2v) is 5.83. The van der Waals surface area contributed by atoms with Crippen LogP contribution in [0.1, 0.15) is 52.4 Å². The van der Waals surface area contributed by atoms with Gasteiger partial charge in [-0.15, -0.1) is 0 Å². The van der Waals surface area contributed by atoms with Gasteiger partial charge in [0.15, 0.2) is 0 Å². The third kappa shape index (κ3) is 6.01. The first kappa shape index (κ1) is 17.9. The maximum Gasteiger partial charge on any atom is 0.328 e. The summed E-state index contributed by atoms with van der Waals surface area (Å²) in [6, 6.07) is -1.38. The van der Waals surface area contributed by atoms with Crippen molar-refractivity contribution in [2.75, 3.05) is 6.61 Å². The number of hydrogen-bond acceptors (Lipinski definition) is 5. The Balaban J connectivity index is 2.39. The quantitative estimate of drug-likeness (QED) is 0.601. The lowest BCUT2D eigenvalue weighted by Gasteiger charge is -2.27. The Bertz CT molecular complexity index is 343. The van der Waals surface area contributed by atoms with Crippen LogP contribution in [0, 0.1) is 5.92 Å². The molecule has 1 amide bonds. The maximum absolute atomic E-state index is 11.9. The molecule has 0 aliphatic heterocycles. The van der Waals surface area contributed by atoms with E-state index < -0.39 is 30.1 Å². The van der Waals surface area contributed by atoms with Gasteiger partial charge in [0.1, 0.15) is 12.1 Å². The minimum absolute atomic E-state index is 0.253. The second-order valence-electron chi connectivity index (χ2n) is 5.83. The molecule has 0 spiro atoms. The van der Waals surface area contributed by atoms with E-state index in [4.69, 9.17) is 10.5 Å². The Morgan fingerprint density at radius 2 is 1.95 bits per heavy atom. The largest absolute Gasteiger partial charge is 0.464 e. The molecule has 6 nitrogen and oxygen atoms in total. The second kappa shape index (κ2) is 9.00. The van der Waals surface area contributed by atoms with E-state index in [0.29, 0.717) is 12.3 Å². The molecule has 0 aromatic rings. The maximum atomic E-state index is 11.9. The van der Waals surface area contributed by atoms with E-state index >= 15 is 0 Å². The Hall–Kier alpha value is -1.14. The number of amides is 1. The summed E-state index contributed by atoms with van der Waals surface area (Å²) >= 11 is 0. The van der Waals surface area contributed by atoms with E-state index in [-0.39, 0.29) is 6.61 Å². The van der Waals surface area contributed by atoms with E-state index in [0.717, 1.165) is 12.8 Å². The number of rotatable bonds is 7. The molecule has 1 aliphatic rings. The topological polar surface area (TPSA) is 102 Å². The minimum atomic E-state index is -1.29. The van der Waals surface area contributed by atoms with E-state index in [1.165, 1.54) is 26.2 Å². The van der Waals surface area contributed by atoms with E-state index in [1.54, 1.807) is 6.92 Å². The number of nitrogens with two attached hydrogens (primary N) is 1. The van der Waals surface area contributed by atoms with Gasteiger partial charge in [-0.25, -0.2) is 4.79 Å². The van der Waals surface area contributed by atoms with Crippen LogP contribution < -0.4 is 11.1 Å². The molecule has 0 heterocycles. The summed E-state index contributed by atoms with van der Waals surface area (Å²) in [4.78, 5) is 23.3. The van der Waals surface area contributed by atoms with Crippen molar-refractivity contribution in [3.05, 3.63) is 0 Å². The van der Waals surface area contributed by atoms with Gasteiger partial charge in [-0.05, 0) is 26.2 Å². The number of carbonyl (C=O) groups is 2. The lowest BCUT2D eigenvalue weighted by atomic mass is 9.84. The van der Waals surface area contributed by atoms with Crippen LogP contribution in [0.3, 0.4) is 0 Å². The normalized spacial score (nSPS) is 20.4. The predicted molar refractivity (Wildman–Crippen MR) is 79.4 cm³/mol. The van der Waals surface area contributed by atoms with Gasteiger partial charge < -0.3 is 20.9 Å². The summed E-state index contributed by atoms with van der Waals surface area (Å²) in [6.07, 6.45) is 5.22. The summed E-state index contributed by atoms with van der Waals surface area (Å²) in [6.45, 7) is 3.47. The van der Waals surface area contributed by atoms with Crippen LogP contribution in [0.5, 0.6) is 0 Å². The molecule has 0 aromatic carbocycles. The van der Waals surface area contributed by atoms with Crippen molar-refractivity contribution in [3.63, 3.8) is 0 Å². The summed E-state index contributed by atoms with van der Waals surface area (Å²) in [5.74, 6) is -0.642. The first-order chi connectivity index (χ1) is 9.95. The van der Waals surface area contributed by atoms with Gasteiger partial charge in [0, 0.05) is 6.04 Å². The summed E-state index contributed by atoms with van der Waals surface area (Å²) < 4.78 is 4.80. The highest BCUT2D eigenvalue weighted by Crippen LogP contribution is 2.27. The molecule has 3 atom stereocenters. The fraction of sp³-hybridized carbons (Fsp3) is 0.867. The van der Waals surface area contributed by atoms with Crippen molar-refractivity contribution in [1.29, 1.82) is 0 Å². The van der Waals surface area contributed by atoms with Crippen LogP contribution in [0.2, 0.25) is 0 Å². The molecule has 21 heavy (non-hydrogen) atoms. The third-order valence-electron chi connectivity index (χ3n) is 4.00. The Morgan fingerprint density at radius 3 is 2.52 bits per heavy atom. The highest BCUT2D eigenvalue weighted by atomic mass is 16.5. The van der Waals surface area contributed by atoms with Gasteiger partial charge in [-0.2, -0.15) is 0 Å². The Labute approximate surface area is 126 Å². The lowest BCUT2D eigenvalue weighted by molar-refractivity contribution is -0.148. The van der Waals surface area contributed by atoms with Crippen molar-refractivity contribution < 1.29 is 19.4 Å². The fourth-order valence-corrected chi connectivity index (χ4v) is 2.76. The monoisotopic (exact) mass is 300 g/mol. The van der Waals surface area contributed by atoms with Crippen molar-refractivity contribution in [1.82, 2.24) is 5.32 Å². The van der Waals surface area contributed by atoms with Crippen molar-refractivity contribution in [3.8, 4) is 0 Å². The Morgan fingerprint density at radius 1 is 1.33 bits per heavy atom. The first-order valence-electron chi connectivity index (χ1n) is 7.86. The number of aliphatic hydroxyl groups excluding tert-OH is 1. The molecule has 0 unspecified atom stereocenters. The molecule has 0 saturated heterocycles. The zero-order valence-electron chi connectivity index (χ0n) is 13.0. The van der Waals surface area contributed by atoms with E-state index in [2.05, 4.69) is 5.32 Å². The van der Waals surface area contributed by atoms with Crippen LogP contribution >= 0.6 is 0 Å². The van der Waals surface area contributed by atoms with E-state index in [1.807, 2.05) is 0 Å². The average molecular weight is 300 g/mol. The molecular weight excluding hydrogens is 272 g/mol. The van der Waals surface area contributed by atoms with Crippen molar-refractivity contribution >= 4 is 11.9 Å². The number of aliphatic hydroxyl groups is 1. The van der Waals surface area contributed by atoms with Gasteiger partial charge in [0.05, 0.1) is 6.61 Å². The van der Waals surface area contributed by atoms with Gasteiger partial charge in [-0.1, -0.05) is 32.1 Å². The Kier molecular flexibility index (Phi) is 7.67. The zero-order valence-corrected chi connectivity index (χ0v) is 13.0. The van der Waals surface area contributed by atoms with Gasteiger partial charge in [-0.3, -0.25) is 4.79 Å². The summed E-state index contributed by atoms with van der Waals surface area (Å²) in [7, 11) is 0. The summed E-state index contributed by atoms with van der Waals surface area (Å²) in [5.41, 5.74) is 5.93. The van der Waals surface area contributed by atoms with Crippen molar-refractivity contribution in [2.24, 2.45) is 11.7 Å². The zero-order chi connectivity index (χ0) is 15.8. The summed E-state index contributed by atoms with van der Waals surface area (Å²) in [5, 5.41) is 12.4. The fourth-order valence-electron chi connectivity index (χ4n) is 2.76. The molecule has 0 bridgehead atoms. The molecule has 6 heteroatoms. The molecule has 1 rings (SSSR count). The molecule has 1 fully saturated rings. The van der Waals surface area contributed by atoms with Crippen LogP contribution in [-0.2, 0) is 14.3 Å². The molecule has 0 radical (unpaired) electrons. The minimum Gasteiger partial charge on any atom is -0.464 e. The van der Waals surface area contributed by atoms with Crippen LogP contribution in [0.4, 0.5) is 0 Å². The number of esters is 1. The molecular formula is C15H28N2O4. The molecule has 1 saturated carbocycles. The van der Waals surface area contributed by atoms with Gasteiger partial charge in [0.25, 0.3) is 5.91 Å².